The van der Waals surface area contributed by atoms with E-state index in [-0.39, 0.29) is 6.03 Å². The summed E-state index contributed by atoms with van der Waals surface area (Å²) in [6.45, 7) is 6.60. The van der Waals surface area contributed by atoms with Gasteiger partial charge < -0.3 is 10.2 Å². The molecule has 1 aliphatic carbocycles. The van der Waals surface area contributed by atoms with Crippen LogP contribution in [0, 0.1) is 24.2 Å². The van der Waals surface area contributed by atoms with E-state index in [0.717, 1.165) is 43.3 Å². The predicted molar refractivity (Wildman–Crippen MR) is 99.5 cm³/mol. The van der Waals surface area contributed by atoms with E-state index < -0.39 is 0 Å². The normalized spacial score (nSPS) is 19.4. The van der Waals surface area contributed by atoms with Crippen LogP contribution in [0.15, 0.2) is 18.2 Å². The zero-order valence-corrected chi connectivity index (χ0v) is 15.1. The fourth-order valence-electron chi connectivity index (χ4n) is 3.89. The third-order valence-electron chi connectivity index (χ3n) is 5.51. The van der Waals surface area contributed by atoms with Gasteiger partial charge in [0.15, 0.2) is 0 Å². The van der Waals surface area contributed by atoms with Gasteiger partial charge in [0.1, 0.15) is 0 Å². The van der Waals surface area contributed by atoms with E-state index in [1.165, 1.54) is 38.6 Å². The first-order valence-electron chi connectivity index (χ1n) is 9.45. The Morgan fingerprint density at radius 2 is 1.92 bits per heavy atom. The average Bonchev–Trinajstić information content (AvgIpc) is 2.65. The van der Waals surface area contributed by atoms with Crippen molar-refractivity contribution in [3.8, 4) is 6.07 Å². The number of carbonyl (C=O) groups excluding carboxylic acids is 1. The van der Waals surface area contributed by atoms with Crippen LogP contribution in [0.4, 0.5) is 10.5 Å². The van der Waals surface area contributed by atoms with Gasteiger partial charge in [0, 0.05) is 38.4 Å². The van der Waals surface area contributed by atoms with Crippen LogP contribution in [0.1, 0.15) is 43.2 Å². The summed E-state index contributed by atoms with van der Waals surface area (Å²) in [5, 5.41) is 12.0. The molecule has 134 valence electrons. The number of rotatable bonds is 3. The van der Waals surface area contributed by atoms with Gasteiger partial charge in [0.2, 0.25) is 0 Å². The quantitative estimate of drug-likeness (QED) is 0.914. The molecule has 0 aromatic heterocycles. The molecule has 5 heteroatoms. The first kappa shape index (κ1) is 17.8. The van der Waals surface area contributed by atoms with Crippen molar-refractivity contribution in [3.63, 3.8) is 0 Å². The van der Waals surface area contributed by atoms with E-state index in [1.807, 2.05) is 17.9 Å². The number of amides is 2. The summed E-state index contributed by atoms with van der Waals surface area (Å²) >= 11 is 0. The third-order valence-corrected chi connectivity index (χ3v) is 5.51. The van der Waals surface area contributed by atoms with Crippen molar-refractivity contribution < 1.29 is 4.79 Å². The molecule has 1 N–H and O–H groups in total. The lowest BCUT2D eigenvalue weighted by molar-refractivity contribution is 0.125. The monoisotopic (exact) mass is 340 g/mol. The van der Waals surface area contributed by atoms with Crippen molar-refractivity contribution in [2.45, 2.75) is 39.0 Å². The van der Waals surface area contributed by atoms with Gasteiger partial charge >= 0.3 is 6.03 Å². The number of nitriles is 1. The molecule has 0 unspecified atom stereocenters. The van der Waals surface area contributed by atoms with E-state index in [1.54, 1.807) is 12.1 Å². The molecule has 0 radical (unpaired) electrons. The van der Waals surface area contributed by atoms with Crippen molar-refractivity contribution in [1.29, 1.82) is 5.26 Å². The van der Waals surface area contributed by atoms with Crippen LogP contribution >= 0.6 is 0 Å². The van der Waals surface area contributed by atoms with Crippen LogP contribution < -0.4 is 5.32 Å². The molecule has 1 saturated heterocycles. The Morgan fingerprint density at radius 1 is 1.20 bits per heavy atom. The SMILES string of the molecule is Cc1ccc(C#N)cc1NC(=O)N1CCN(CC2CCCCC2)CC1. The molecule has 1 aliphatic heterocycles. The molecule has 5 nitrogen and oxygen atoms in total. The number of anilines is 1. The summed E-state index contributed by atoms with van der Waals surface area (Å²) in [4.78, 5) is 16.9. The standard InChI is InChI=1S/C20H28N4O/c1-16-7-8-18(14-21)13-19(16)22-20(25)24-11-9-23(10-12-24)15-17-5-3-2-4-6-17/h7-8,13,17H,2-6,9-12,15H2,1H3,(H,22,25). The van der Waals surface area contributed by atoms with Crippen LogP contribution in [-0.2, 0) is 0 Å². The van der Waals surface area contributed by atoms with E-state index in [9.17, 15) is 4.79 Å². The highest BCUT2D eigenvalue weighted by molar-refractivity contribution is 5.90. The highest BCUT2D eigenvalue weighted by Crippen LogP contribution is 2.25. The lowest BCUT2D eigenvalue weighted by atomic mass is 9.89. The van der Waals surface area contributed by atoms with Crippen LogP contribution in [0.5, 0.6) is 0 Å². The van der Waals surface area contributed by atoms with Gasteiger partial charge in [-0.2, -0.15) is 5.26 Å². The molecule has 3 rings (SSSR count). The number of benzene rings is 1. The second-order valence-corrected chi connectivity index (χ2v) is 7.36. The molecule has 1 saturated carbocycles. The Bertz CT molecular complexity index is 638. The highest BCUT2D eigenvalue weighted by Gasteiger charge is 2.24. The minimum absolute atomic E-state index is 0.0597. The van der Waals surface area contributed by atoms with Gasteiger partial charge in [-0.1, -0.05) is 25.3 Å². The Balaban J connectivity index is 1.49. The molecule has 2 amide bonds. The molecule has 1 aromatic rings. The number of piperazine rings is 1. The van der Waals surface area contributed by atoms with Crippen molar-refractivity contribution in [1.82, 2.24) is 9.80 Å². The third kappa shape index (κ3) is 4.73. The maximum atomic E-state index is 12.5. The number of hydrogen-bond acceptors (Lipinski definition) is 3. The molecule has 1 heterocycles. The Kier molecular flexibility index (Phi) is 5.93. The first-order chi connectivity index (χ1) is 12.2. The van der Waals surface area contributed by atoms with Crippen molar-refractivity contribution in [2.24, 2.45) is 5.92 Å². The van der Waals surface area contributed by atoms with Crippen LogP contribution in [0.2, 0.25) is 0 Å². The molecule has 1 aromatic carbocycles. The van der Waals surface area contributed by atoms with E-state index >= 15 is 0 Å². The topological polar surface area (TPSA) is 59.4 Å². The fourth-order valence-corrected chi connectivity index (χ4v) is 3.89. The summed E-state index contributed by atoms with van der Waals surface area (Å²) in [5.74, 6) is 0.852. The molecule has 2 fully saturated rings. The van der Waals surface area contributed by atoms with Gasteiger partial charge in [0.25, 0.3) is 0 Å². The largest absolute Gasteiger partial charge is 0.322 e. The summed E-state index contributed by atoms with van der Waals surface area (Å²) in [7, 11) is 0. The molecular weight excluding hydrogens is 312 g/mol. The zero-order chi connectivity index (χ0) is 17.6. The van der Waals surface area contributed by atoms with Gasteiger partial charge in [-0.3, -0.25) is 4.90 Å². The van der Waals surface area contributed by atoms with E-state index in [0.29, 0.717) is 5.56 Å². The number of carbonyl (C=O) groups is 1. The molecule has 25 heavy (non-hydrogen) atoms. The average molecular weight is 340 g/mol. The summed E-state index contributed by atoms with van der Waals surface area (Å²) in [5.41, 5.74) is 2.27. The summed E-state index contributed by atoms with van der Waals surface area (Å²) < 4.78 is 0. The summed E-state index contributed by atoms with van der Waals surface area (Å²) in [6.07, 6.45) is 6.91. The molecule has 0 atom stereocenters. The number of nitrogens with zero attached hydrogens (tertiary/aromatic N) is 3. The predicted octanol–water partition coefficient (Wildman–Crippen LogP) is 3.60. The van der Waals surface area contributed by atoms with Crippen molar-refractivity contribution in [3.05, 3.63) is 29.3 Å². The minimum Gasteiger partial charge on any atom is -0.322 e. The van der Waals surface area contributed by atoms with Gasteiger partial charge in [-0.15, -0.1) is 0 Å². The number of nitrogens with one attached hydrogen (secondary N) is 1. The van der Waals surface area contributed by atoms with Crippen molar-refractivity contribution >= 4 is 11.7 Å². The number of aryl methyl sites for hydroxylation is 1. The Labute approximate surface area is 150 Å². The lowest BCUT2D eigenvalue weighted by Gasteiger charge is -2.37. The van der Waals surface area contributed by atoms with Gasteiger partial charge in [-0.05, 0) is 43.4 Å². The molecular formula is C20H28N4O. The second-order valence-electron chi connectivity index (χ2n) is 7.36. The maximum absolute atomic E-state index is 12.5. The molecule has 2 aliphatic rings. The van der Waals surface area contributed by atoms with Gasteiger partial charge in [0.05, 0.1) is 11.6 Å². The van der Waals surface area contributed by atoms with E-state index in [4.69, 9.17) is 5.26 Å². The number of urea groups is 1. The summed E-state index contributed by atoms with van der Waals surface area (Å²) in [6, 6.07) is 7.45. The first-order valence-corrected chi connectivity index (χ1v) is 9.45. The second kappa shape index (κ2) is 8.35. The Morgan fingerprint density at radius 3 is 2.60 bits per heavy atom. The van der Waals surface area contributed by atoms with Gasteiger partial charge in [-0.25, -0.2) is 4.79 Å². The molecule has 0 spiro atoms. The highest BCUT2D eigenvalue weighted by atomic mass is 16.2. The minimum atomic E-state index is -0.0597. The maximum Gasteiger partial charge on any atom is 0.321 e. The van der Waals surface area contributed by atoms with Crippen LogP contribution in [0.3, 0.4) is 0 Å². The van der Waals surface area contributed by atoms with Crippen LogP contribution in [0.25, 0.3) is 0 Å². The smallest absolute Gasteiger partial charge is 0.321 e. The number of hydrogen-bond donors (Lipinski definition) is 1. The molecule has 0 bridgehead atoms. The zero-order valence-electron chi connectivity index (χ0n) is 15.1. The van der Waals surface area contributed by atoms with E-state index in [2.05, 4.69) is 16.3 Å². The van der Waals surface area contributed by atoms with Crippen molar-refractivity contribution in [2.75, 3.05) is 38.0 Å². The Hall–Kier alpha value is -2.06. The lowest BCUT2D eigenvalue weighted by Crippen LogP contribution is -2.51. The fraction of sp³-hybridized carbons (Fsp3) is 0.600. The van der Waals surface area contributed by atoms with Crippen LogP contribution in [-0.4, -0.2) is 48.6 Å².